The molecule has 2 aromatic heterocycles. The van der Waals surface area contributed by atoms with Crippen molar-refractivity contribution in [2.45, 2.75) is 44.7 Å². The molecule has 1 saturated carbocycles. The lowest BCUT2D eigenvalue weighted by molar-refractivity contribution is -0.121. The molecule has 0 aliphatic heterocycles. The van der Waals surface area contributed by atoms with Crippen LogP contribution in [0.3, 0.4) is 0 Å². The molecule has 6 heteroatoms. The molecule has 2 aromatic rings. The molecular weight excluding hydrogens is 276 g/mol. The van der Waals surface area contributed by atoms with E-state index in [1.807, 2.05) is 17.6 Å². The molecule has 1 aliphatic rings. The molecule has 0 radical (unpaired) electrons. The average Bonchev–Trinajstić information content (AvgIpc) is 3.16. The van der Waals surface area contributed by atoms with E-state index in [-0.39, 0.29) is 5.91 Å². The Morgan fingerprint density at radius 1 is 1.55 bits per heavy atom. The highest BCUT2D eigenvalue weighted by Gasteiger charge is 2.23. The molecule has 0 atom stereocenters. The number of nitrogens with zero attached hydrogens (tertiary/aromatic N) is 3. The van der Waals surface area contributed by atoms with Crippen molar-refractivity contribution in [3.8, 4) is 0 Å². The van der Waals surface area contributed by atoms with E-state index in [0.29, 0.717) is 24.9 Å². The first-order chi connectivity index (χ1) is 9.69. The Labute approximate surface area is 122 Å². The van der Waals surface area contributed by atoms with Crippen molar-refractivity contribution in [2.75, 3.05) is 0 Å². The zero-order valence-electron chi connectivity index (χ0n) is 11.4. The van der Waals surface area contributed by atoms with Crippen LogP contribution in [0.25, 0.3) is 11.2 Å². The van der Waals surface area contributed by atoms with Gasteiger partial charge in [0.05, 0.1) is 5.88 Å². The Morgan fingerprint density at radius 2 is 2.35 bits per heavy atom. The molecule has 1 N–H and O–H groups in total. The standard InChI is InChI=1S/C14H17ClN4O/c1-9-4-6-16-14-13(9)18-11(8-15)19(14)7-5-12(20)17-10-2-3-10/h4,6,10H,2-3,5,7-8H2,1H3,(H,17,20). The summed E-state index contributed by atoms with van der Waals surface area (Å²) >= 11 is 5.95. The van der Waals surface area contributed by atoms with E-state index >= 15 is 0 Å². The van der Waals surface area contributed by atoms with Crippen molar-refractivity contribution in [3.63, 3.8) is 0 Å². The molecule has 0 bridgehead atoms. The maximum Gasteiger partial charge on any atom is 0.222 e. The summed E-state index contributed by atoms with van der Waals surface area (Å²) in [5, 5.41) is 2.99. The fourth-order valence-electron chi connectivity index (χ4n) is 2.26. The molecule has 20 heavy (non-hydrogen) atoms. The van der Waals surface area contributed by atoms with E-state index in [2.05, 4.69) is 15.3 Å². The molecule has 0 unspecified atom stereocenters. The highest BCUT2D eigenvalue weighted by atomic mass is 35.5. The van der Waals surface area contributed by atoms with E-state index in [4.69, 9.17) is 11.6 Å². The minimum atomic E-state index is 0.0857. The summed E-state index contributed by atoms with van der Waals surface area (Å²) in [6.07, 6.45) is 4.40. The van der Waals surface area contributed by atoms with Crippen LogP contribution in [-0.4, -0.2) is 26.5 Å². The number of aromatic nitrogens is 3. The van der Waals surface area contributed by atoms with Crippen molar-refractivity contribution in [1.29, 1.82) is 0 Å². The van der Waals surface area contributed by atoms with Gasteiger partial charge in [0.2, 0.25) is 5.91 Å². The molecule has 0 aromatic carbocycles. The lowest BCUT2D eigenvalue weighted by Gasteiger charge is -2.07. The maximum atomic E-state index is 11.8. The summed E-state index contributed by atoms with van der Waals surface area (Å²) < 4.78 is 1.95. The molecule has 1 amide bonds. The minimum absolute atomic E-state index is 0.0857. The van der Waals surface area contributed by atoms with Crippen molar-refractivity contribution in [2.24, 2.45) is 0 Å². The second-order valence-corrected chi connectivity index (χ2v) is 5.47. The molecule has 5 nitrogen and oxygen atoms in total. The van der Waals surface area contributed by atoms with E-state index < -0.39 is 0 Å². The lowest BCUT2D eigenvalue weighted by Crippen LogP contribution is -2.26. The van der Waals surface area contributed by atoms with Gasteiger partial charge in [-0.2, -0.15) is 0 Å². The van der Waals surface area contributed by atoms with E-state index in [1.165, 1.54) is 0 Å². The summed E-state index contributed by atoms with van der Waals surface area (Å²) in [4.78, 5) is 20.7. The Kier molecular flexibility index (Phi) is 3.61. The second-order valence-electron chi connectivity index (χ2n) is 5.21. The zero-order valence-corrected chi connectivity index (χ0v) is 12.2. The molecule has 106 valence electrons. The van der Waals surface area contributed by atoms with Crippen LogP contribution in [0.5, 0.6) is 0 Å². The van der Waals surface area contributed by atoms with E-state index in [0.717, 1.165) is 35.4 Å². The number of amides is 1. The lowest BCUT2D eigenvalue weighted by atomic mass is 10.3. The van der Waals surface area contributed by atoms with Gasteiger partial charge in [0.25, 0.3) is 0 Å². The third-order valence-corrected chi connectivity index (χ3v) is 3.78. The highest BCUT2D eigenvalue weighted by Crippen LogP contribution is 2.20. The van der Waals surface area contributed by atoms with Gasteiger partial charge in [0.1, 0.15) is 11.3 Å². The number of pyridine rings is 1. The Balaban J connectivity index is 1.81. The quantitative estimate of drug-likeness (QED) is 0.859. The third-order valence-electron chi connectivity index (χ3n) is 3.54. The van der Waals surface area contributed by atoms with Crippen LogP contribution >= 0.6 is 11.6 Å². The third kappa shape index (κ3) is 2.63. The van der Waals surface area contributed by atoms with Crippen LogP contribution < -0.4 is 5.32 Å². The number of alkyl halides is 1. The van der Waals surface area contributed by atoms with Gasteiger partial charge in [-0.15, -0.1) is 11.6 Å². The Hall–Kier alpha value is -1.62. The SMILES string of the molecule is Cc1ccnc2c1nc(CCl)n2CCC(=O)NC1CC1. The molecule has 1 fully saturated rings. The average molecular weight is 293 g/mol. The predicted octanol–water partition coefficient (Wildman–Crippen LogP) is 2.15. The van der Waals surface area contributed by atoms with Crippen LogP contribution in [0.1, 0.15) is 30.7 Å². The number of halogens is 1. The van der Waals surface area contributed by atoms with Gasteiger partial charge >= 0.3 is 0 Å². The first kappa shape index (κ1) is 13.4. The monoisotopic (exact) mass is 292 g/mol. The molecule has 2 heterocycles. The molecular formula is C14H17ClN4O. The van der Waals surface area contributed by atoms with Crippen LogP contribution in [0.4, 0.5) is 0 Å². The number of imidazole rings is 1. The summed E-state index contributed by atoms with van der Waals surface area (Å²) in [7, 11) is 0. The van der Waals surface area contributed by atoms with Gasteiger partial charge in [0.15, 0.2) is 5.65 Å². The van der Waals surface area contributed by atoms with E-state index in [9.17, 15) is 4.79 Å². The summed E-state index contributed by atoms with van der Waals surface area (Å²) in [6, 6.07) is 2.33. The fraction of sp³-hybridized carbons (Fsp3) is 0.500. The fourth-order valence-corrected chi connectivity index (χ4v) is 2.47. The number of nitrogens with one attached hydrogen (secondary N) is 1. The number of carbonyl (C=O) groups is 1. The number of fused-ring (bicyclic) bond motifs is 1. The Morgan fingerprint density at radius 3 is 3.05 bits per heavy atom. The second kappa shape index (κ2) is 5.40. The Bertz CT molecular complexity index is 648. The van der Waals surface area contributed by atoms with Gasteiger partial charge in [-0.3, -0.25) is 4.79 Å². The normalized spacial score (nSPS) is 14.7. The smallest absolute Gasteiger partial charge is 0.222 e. The molecule has 0 spiro atoms. The molecule has 3 rings (SSSR count). The maximum absolute atomic E-state index is 11.8. The van der Waals surface area contributed by atoms with Crippen molar-refractivity contribution >= 4 is 28.7 Å². The molecule has 0 saturated heterocycles. The van der Waals surface area contributed by atoms with Crippen molar-refractivity contribution in [3.05, 3.63) is 23.7 Å². The largest absolute Gasteiger partial charge is 0.353 e. The van der Waals surface area contributed by atoms with Gasteiger partial charge in [0, 0.05) is 25.2 Å². The highest BCUT2D eigenvalue weighted by molar-refractivity contribution is 6.16. The minimum Gasteiger partial charge on any atom is -0.353 e. The van der Waals surface area contributed by atoms with Crippen LogP contribution in [-0.2, 0) is 17.2 Å². The summed E-state index contributed by atoms with van der Waals surface area (Å²) in [6.45, 7) is 2.56. The zero-order chi connectivity index (χ0) is 14.1. The topological polar surface area (TPSA) is 59.8 Å². The number of hydrogen-bond acceptors (Lipinski definition) is 3. The predicted molar refractivity (Wildman–Crippen MR) is 77.6 cm³/mol. The van der Waals surface area contributed by atoms with Crippen molar-refractivity contribution < 1.29 is 4.79 Å². The molecule has 1 aliphatic carbocycles. The number of rotatable bonds is 5. The first-order valence-corrected chi connectivity index (χ1v) is 7.38. The van der Waals surface area contributed by atoms with Gasteiger partial charge in [-0.1, -0.05) is 0 Å². The first-order valence-electron chi connectivity index (χ1n) is 6.85. The van der Waals surface area contributed by atoms with Gasteiger partial charge in [-0.05, 0) is 31.4 Å². The number of aryl methyl sites for hydroxylation is 2. The van der Waals surface area contributed by atoms with E-state index in [1.54, 1.807) is 6.20 Å². The van der Waals surface area contributed by atoms with Gasteiger partial charge in [-0.25, -0.2) is 9.97 Å². The van der Waals surface area contributed by atoms with Crippen LogP contribution in [0.2, 0.25) is 0 Å². The summed E-state index contributed by atoms with van der Waals surface area (Å²) in [5.74, 6) is 1.17. The van der Waals surface area contributed by atoms with Crippen LogP contribution in [0.15, 0.2) is 12.3 Å². The van der Waals surface area contributed by atoms with Crippen molar-refractivity contribution in [1.82, 2.24) is 19.9 Å². The summed E-state index contributed by atoms with van der Waals surface area (Å²) in [5.41, 5.74) is 2.74. The number of carbonyl (C=O) groups excluding carboxylic acids is 1. The van der Waals surface area contributed by atoms with Gasteiger partial charge < -0.3 is 9.88 Å². The van der Waals surface area contributed by atoms with Crippen LogP contribution in [0, 0.1) is 6.92 Å². The number of hydrogen-bond donors (Lipinski definition) is 1.